The van der Waals surface area contributed by atoms with Gasteiger partial charge in [0.1, 0.15) is 23.9 Å². The number of carboxylic acid groups (broad SMARTS) is 1. The topological polar surface area (TPSA) is 129 Å². The number of carboxylic acids is 1. The molecule has 1 aromatic carbocycles. The Bertz CT molecular complexity index is 1370. The molecule has 0 spiro atoms. The number of benzene rings is 1. The molecule has 45 heavy (non-hydrogen) atoms. The highest BCUT2D eigenvalue weighted by atomic mass is 16.7. The molecule has 3 saturated carbocycles. The van der Waals surface area contributed by atoms with Crippen LogP contribution in [0.3, 0.4) is 0 Å². The fourth-order valence-electron chi connectivity index (χ4n) is 10.4. The van der Waals surface area contributed by atoms with E-state index in [0.717, 1.165) is 30.3 Å². The van der Waals surface area contributed by atoms with Crippen LogP contribution in [0.2, 0.25) is 0 Å². The minimum Gasteiger partial charge on any atom is -0.481 e. The molecule has 7 unspecified atom stereocenters. The standard InChI is InChI=1S/C36H46O9/c1-20(2)27-15-24-16-34(18-37)26-13-11-21(3)25(26)17-35(24,36(27,34)33(40)41)19-43-32-29(39)31(30(42-5)22(4)44-32)45-28(38)14-12-23-9-7-6-8-10-23/h6-10,12,14-15,18,20-22,24-26,29-32,39H,11,13,16-17,19H2,1-5H3,(H,40,41)/b14-12+/t21?,22-,24?,25?,26?,29+,30-,31+,32-,34?,35?,36?/m1/s1. The molecule has 4 aliphatic carbocycles. The lowest BCUT2D eigenvalue weighted by molar-refractivity contribution is -0.308. The third kappa shape index (κ3) is 4.52. The van der Waals surface area contributed by atoms with Crippen molar-refractivity contribution in [2.24, 2.45) is 45.8 Å². The van der Waals surface area contributed by atoms with Gasteiger partial charge in [0.2, 0.25) is 0 Å². The molecule has 9 heteroatoms. The zero-order chi connectivity index (χ0) is 32.3. The molecule has 5 aliphatic rings. The first-order valence-corrected chi connectivity index (χ1v) is 16.3. The highest BCUT2D eigenvalue weighted by Crippen LogP contribution is 2.82. The van der Waals surface area contributed by atoms with Gasteiger partial charge in [0.25, 0.3) is 0 Å². The first-order chi connectivity index (χ1) is 21.5. The summed E-state index contributed by atoms with van der Waals surface area (Å²) in [5.74, 6) is -1.26. The van der Waals surface area contributed by atoms with Crippen LogP contribution in [-0.2, 0) is 33.3 Å². The van der Waals surface area contributed by atoms with Gasteiger partial charge in [-0.2, -0.15) is 0 Å². The minimum atomic E-state index is -1.40. The summed E-state index contributed by atoms with van der Waals surface area (Å²) in [7, 11) is 1.46. The fourth-order valence-corrected chi connectivity index (χ4v) is 10.4. The summed E-state index contributed by atoms with van der Waals surface area (Å²) in [4.78, 5) is 39.9. The van der Waals surface area contributed by atoms with Crippen LogP contribution < -0.4 is 0 Å². The SMILES string of the molecule is CO[C@H]1[C@@H](OC(=O)/C=C/c2ccccc2)[C@H](O)[C@H](OCC23CC4C(C)CCC4C4(C=O)CC2C=C(C(C)C)C43C(=O)O)O[C@@H]1C. The maximum Gasteiger partial charge on any atom is 0.331 e. The Balaban J connectivity index is 1.29. The number of ether oxygens (including phenoxy) is 4. The number of rotatable bonds is 10. The lowest BCUT2D eigenvalue weighted by Crippen LogP contribution is -2.64. The third-order valence-corrected chi connectivity index (χ3v) is 12.1. The summed E-state index contributed by atoms with van der Waals surface area (Å²) in [6.45, 7) is 7.96. The summed E-state index contributed by atoms with van der Waals surface area (Å²) in [5.41, 5.74) is -1.66. The Kier molecular flexibility index (Phi) is 8.38. The predicted molar refractivity (Wildman–Crippen MR) is 164 cm³/mol. The van der Waals surface area contributed by atoms with Gasteiger partial charge in [-0.1, -0.05) is 69.2 Å². The zero-order valence-corrected chi connectivity index (χ0v) is 26.8. The summed E-state index contributed by atoms with van der Waals surface area (Å²) >= 11 is 0. The van der Waals surface area contributed by atoms with Crippen molar-refractivity contribution in [1.29, 1.82) is 0 Å². The normalized spacial score (nSPS) is 43.4. The van der Waals surface area contributed by atoms with Gasteiger partial charge in [0, 0.05) is 18.6 Å². The molecular weight excluding hydrogens is 576 g/mol. The summed E-state index contributed by atoms with van der Waals surface area (Å²) < 4.78 is 23.9. The number of aliphatic carboxylic acids is 1. The van der Waals surface area contributed by atoms with Crippen molar-refractivity contribution >= 4 is 24.3 Å². The molecule has 1 aliphatic heterocycles. The molecule has 9 nitrogen and oxygen atoms in total. The Morgan fingerprint density at radius 3 is 2.49 bits per heavy atom. The molecule has 6 rings (SSSR count). The van der Waals surface area contributed by atoms with E-state index in [9.17, 15) is 24.6 Å². The summed E-state index contributed by atoms with van der Waals surface area (Å²) in [6.07, 6.45) is 3.91. The average molecular weight is 623 g/mol. The second-order valence-electron chi connectivity index (χ2n) is 14.3. The number of carbonyl (C=O) groups excluding carboxylic acids is 2. The second kappa shape index (κ2) is 11.7. The molecule has 1 aromatic rings. The van der Waals surface area contributed by atoms with E-state index in [0.29, 0.717) is 18.8 Å². The molecule has 244 valence electrons. The smallest absolute Gasteiger partial charge is 0.331 e. The number of esters is 1. The Hall–Kier alpha value is -2.85. The largest absolute Gasteiger partial charge is 0.481 e. The van der Waals surface area contributed by atoms with E-state index in [2.05, 4.69) is 13.0 Å². The molecule has 0 radical (unpaired) electrons. The lowest BCUT2D eigenvalue weighted by atomic mass is 9.43. The van der Waals surface area contributed by atoms with Gasteiger partial charge in [-0.25, -0.2) is 4.79 Å². The number of fused-ring (bicyclic) bond motifs is 2. The fraction of sp³-hybridized carbons (Fsp3) is 0.639. The van der Waals surface area contributed by atoms with E-state index in [1.807, 2.05) is 44.2 Å². The quantitative estimate of drug-likeness (QED) is 0.166. The van der Waals surface area contributed by atoms with Crippen LogP contribution in [0.15, 0.2) is 48.1 Å². The number of aliphatic hydroxyl groups is 1. The van der Waals surface area contributed by atoms with E-state index >= 15 is 0 Å². The number of allylic oxidation sites excluding steroid dienone is 1. The first kappa shape index (κ1) is 32.1. The van der Waals surface area contributed by atoms with Crippen molar-refractivity contribution in [2.45, 2.75) is 84.1 Å². The maximum absolute atomic E-state index is 13.7. The van der Waals surface area contributed by atoms with Crippen LogP contribution in [0.1, 0.15) is 58.9 Å². The van der Waals surface area contributed by atoms with Gasteiger partial charge in [0.05, 0.1) is 18.1 Å². The molecule has 4 bridgehead atoms. The van der Waals surface area contributed by atoms with Crippen molar-refractivity contribution in [2.75, 3.05) is 13.7 Å². The van der Waals surface area contributed by atoms with Crippen LogP contribution in [0.25, 0.3) is 6.08 Å². The average Bonchev–Trinajstić information content (AvgIpc) is 3.59. The Morgan fingerprint density at radius 1 is 1.11 bits per heavy atom. The number of aldehydes is 1. The predicted octanol–water partition coefficient (Wildman–Crippen LogP) is 4.67. The Morgan fingerprint density at radius 2 is 1.84 bits per heavy atom. The highest BCUT2D eigenvalue weighted by molar-refractivity contribution is 5.90. The van der Waals surface area contributed by atoms with Crippen LogP contribution in [0.5, 0.6) is 0 Å². The molecule has 1 saturated heterocycles. The van der Waals surface area contributed by atoms with Gasteiger partial charge in [-0.15, -0.1) is 0 Å². The third-order valence-electron chi connectivity index (χ3n) is 12.1. The molecule has 1 heterocycles. The van der Waals surface area contributed by atoms with Crippen molar-refractivity contribution in [3.05, 3.63) is 53.6 Å². The van der Waals surface area contributed by atoms with Crippen LogP contribution >= 0.6 is 0 Å². The molecule has 12 atom stereocenters. The molecule has 4 fully saturated rings. The number of hydrogen-bond acceptors (Lipinski definition) is 8. The van der Waals surface area contributed by atoms with E-state index in [-0.39, 0.29) is 30.3 Å². The van der Waals surface area contributed by atoms with Crippen LogP contribution in [0.4, 0.5) is 0 Å². The minimum absolute atomic E-state index is 0.00779. The number of methoxy groups -OCH3 is 1. The Labute approximate surface area is 264 Å². The van der Waals surface area contributed by atoms with Crippen molar-refractivity contribution in [3.63, 3.8) is 0 Å². The van der Waals surface area contributed by atoms with Gasteiger partial charge in [0.15, 0.2) is 12.4 Å². The second-order valence-corrected chi connectivity index (χ2v) is 14.3. The van der Waals surface area contributed by atoms with Crippen LogP contribution in [0, 0.1) is 45.8 Å². The van der Waals surface area contributed by atoms with E-state index < -0.39 is 58.9 Å². The molecule has 2 N–H and O–H groups in total. The van der Waals surface area contributed by atoms with Crippen LogP contribution in [-0.4, -0.2) is 72.9 Å². The van der Waals surface area contributed by atoms with Gasteiger partial charge >= 0.3 is 11.9 Å². The summed E-state index contributed by atoms with van der Waals surface area (Å²) in [6, 6.07) is 9.32. The lowest BCUT2D eigenvalue weighted by Gasteiger charge is -2.58. The first-order valence-electron chi connectivity index (χ1n) is 16.3. The number of carbonyl (C=O) groups is 3. The number of hydrogen-bond donors (Lipinski definition) is 2. The van der Waals surface area contributed by atoms with Gasteiger partial charge in [-0.3, -0.25) is 4.79 Å². The van der Waals surface area contributed by atoms with Crippen molar-refractivity contribution in [3.8, 4) is 0 Å². The number of aliphatic hydroxyl groups excluding tert-OH is 1. The van der Waals surface area contributed by atoms with Gasteiger partial charge < -0.3 is 34.0 Å². The van der Waals surface area contributed by atoms with E-state index in [4.69, 9.17) is 18.9 Å². The van der Waals surface area contributed by atoms with Gasteiger partial charge in [-0.05, 0) is 67.4 Å². The van der Waals surface area contributed by atoms with Crippen molar-refractivity contribution < 1.29 is 43.5 Å². The monoisotopic (exact) mass is 622 g/mol. The van der Waals surface area contributed by atoms with E-state index in [1.54, 1.807) is 13.0 Å². The van der Waals surface area contributed by atoms with Crippen molar-refractivity contribution in [1.82, 2.24) is 0 Å². The molecular formula is C36H46O9. The molecule has 0 aromatic heterocycles. The molecule has 0 amide bonds. The van der Waals surface area contributed by atoms with E-state index in [1.165, 1.54) is 13.2 Å². The zero-order valence-electron chi connectivity index (χ0n) is 26.8. The highest BCUT2D eigenvalue weighted by Gasteiger charge is 2.84. The maximum atomic E-state index is 13.7. The summed E-state index contributed by atoms with van der Waals surface area (Å²) in [5, 5.41) is 22.7.